The van der Waals surface area contributed by atoms with Gasteiger partial charge in [-0.3, -0.25) is 4.68 Å². The van der Waals surface area contributed by atoms with Crippen molar-refractivity contribution in [1.29, 1.82) is 0 Å². The summed E-state index contributed by atoms with van der Waals surface area (Å²) in [5.74, 6) is 1.07. The van der Waals surface area contributed by atoms with Gasteiger partial charge in [0, 0.05) is 35.3 Å². The van der Waals surface area contributed by atoms with Crippen molar-refractivity contribution in [3.8, 4) is 0 Å². The van der Waals surface area contributed by atoms with Gasteiger partial charge >= 0.3 is 0 Å². The lowest BCUT2D eigenvalue weighted by molar-refractivity contribution is 0.617. The van der Waals surface area contributed by atoms with E-state index in [1.807, 2.05) is 19.3 Å². The van der Waals surface area contributed by atoms with Gasteiger partial charge < -0.3 is 0 Å². The van der Waals surface area contributed by atoms with Crippen molar-refractivity contribution in [2.75, 3.05) is 0 Å². The summed E-state index contributed by atoms with van der Waals surface area (Å²) in [7, 11) is 1.88. The van der Waals surface area contributed by atoms with E-state index < -0.39 is 0 Å². The molecule has 0 atom stereocenters. The molecule has 0 N–H and O–H groups in total. The summed E-state index contributed by atoms with van der Waals surface area (Å²) in [4.78, 5) is 0. The van der Waals surface area contributed by atoms with Crippen LogP contribution in [-0.2, 0) is 18.6 Å². The second kappa shape index (κ2) is 5.56. The second-order valence-corrected chi connectivity index (χ2v) is 5.07. The summed E-state index contributed by atoms with van der Waals surface area (Å²) in [6.07, 6.45) is 1.89. The summed E-state index contributed by atoms with van der Waals surface area (Å²) >= 11 is 7.54. The molecule has 5 heteroatoms. The molecule has 0 fully saturated rings. The summed E-state index contributed by atoms with van der Waals surface area (Å²) in [5, 5.41) is 4.74. The molecule has 2 aromatic rings. The molecule has 0 saturated carbocycles. The van der Waals surface area contributed by atoms with E-state index in [4.69, 9.17) is 11.6 Å². The van der Waals surface area contributed by atoms with E-state index in [0.717, 1.165) is 11.4 Å². The number of aromatic nitrogens is 2. The predicted octanol–water partition coefficient (Wildman–Crippen LogP) is 3.65. The summed E-state index contributed by atoms with van der Waals surface area (Å²) in [6.45, 7) is 0. The fraction of sp³-hybridized carbons (Fsp3) is 0.250. The molecule has 90 valence electrons. The van der Waals surface area contributed by atoms with Gasteiger partial charge in [0.05, 0.1) is 5.69 Å². The molecule has 0 saturated heterocycles. The first kappa shape index (κ1) is 12.5. The highest BCUT2D eigenvalue weighted by molar-refractivity contribution is 7.97. The molecule has 1 heterocycles. The summed E-state index contributed by atoms with van der Waals surface area (Å²) < 4.78 is 15.2. The molecule has 1 aromatic heterocycles. The van der Waals surface area contributed by atoms with Crippen molar-refractivity contribution < 1.29 is 4.39 Å². The Balaban J connectivity index is 1.94. The van der Waals surface area contributed by atoms with E-state index in [2.05, 4.69) is 5.10 Å². The van der Waals surface area contributed by atoms with Gasteiger partial charge in [0.1, 0.15) is 5.82 Å². The van der Waals surface area contributed by atoms with Crippen molar-refractivity contribution in [2.45, 2.75) is 11.5 Å². The Hall–Kier alpha value is -1.00. The molecule has 2 rings (SSSR count). The normalized spacial score (nSPS) is 10.8. The molecule has 0 spiro atoms. The number of nitrogens with zero attached hydrogens (tertiary/aromatic N) is 2. The lowest BCUT2D eigenvalue weighted by Crippen LogP contribution is -1.92. The van der Waals surface area contributed by atoms with E-state index in [1.54, 1.807) is 28.6 Å². The minimum absolute atomic E-state index is 0.244. The Morgan fingerprint density at radius 3 is 2.82 bits per heavy atom. The van der Waals surface area contributed by atoms with E-state index in [0.29, 0.717) is 16.3 Å². The fourth-order valence-electron chi connectivity index (χ4n) is 1.47. The molecule has 0 radical (unpaired) electrons. The van der Waals surface area contributed by atoms with Gasteiger partial charge in [-0.25, -0.2) is 4.39 Å². The Morgan fingerprint density at radius 2 is 2.18 bits per heavy atom. The Morgan fingerprint density at radius 1 is 1.35 bits per heavy atom. The van der Waals surface area contributed by atoms with E-state index in [1.165, 1.54) is 6.07 Å². The van der Waals surface area contributed by atoms with Crippen molar-refractivity contribution in [1.82, 2.24) is 9.78 Å². The van der Waals surface area contributed by atoms with Crippen LogP contribution in [0.3, 0.4) is 0 Å². The van der Waals surface area contributed by atoms with Gasteiger partial charge in [-0.2, -0.15) is 16.9 Å². The molecule has 0 aliphatic carbocycles. The SMILES string of the molecule is Cn1ccc(CSCc2c(F)cccc2Cl)n1. The van der Waals surface area contributed by atoms with Crippen molar-refractivity contribution in [3.05, 3.63) is 52.6 Å². The average molecular weight is 271 g/mol. The highest BCUT2D eigenvalue weighted by atomic mass is 35.5. The highest BCUT2D eigenvalue weighted by Crippen LogP contribution is 2.25. The fourth-order valence-corrected chi connectivity index (χ4v) is 2.74. The van der Waals surface area contributed by atoms with Crippen LogP contribution >= 0.6 is 23.4 Å². The molecule has 0 bridgehead atoms. The van der Waals surface area contributed by atoms with E-state index in [9.17, 15) is 4.39 Å². The van der Waals surface area contributed by atoms with Gasteiger partial charge in [-0.1, -0.05) is 17.7 Å². The first-order valence-electron chi connectivity index (χ1n) is 5.16. The molecule has 2 nitrogen and oxygen atoms in total. The smallest absolute Gasteiger partial charge is 0.128 e. The van der Waals surface area contributed by atoms with Crippen LogP contribution in [-0.4, -0.2) is 9.78 Å². The average Bonchev–Trinajstić information content (AvgIpc) is 2.69. The summed E-state index contributed by atoms with van der Waals surface area (Å²) in [5.41, 5.74) is 1.56. The third-order valence-electron chi connectivity index (χ3n) is 2.33. The minimum atomic E-state index is -0.244. The quantitative estimate of drug-likeness (QED) is 0.844. The van der Waals surface area contributed by atoms with E-state index in [-0.39, 0.29) is 5.82 Å². The van der Waals surface area contributed by atoms with Gasteiger partial charge in [0.25, 0.3) is 0 Å². The van der Waals surface area contributed by atoms with E-state index >= 15 is 0 Å². The lowest BCUT2D eigenvalue weighted by Gasteiger charge is -2.04. The predicted molar refractivity (Wildman–Crippen MR) is 69.6 cm³/mol. The van der Waals surface area contributed by atoms with Gasteiger partial charge in [0.2, 0.25) is 0 Å². The molecule has 0 unspecified atom stereocenters. The Kier molecular flexibility index (Phi) is 4.07. The van der Waals surface area contributed by atoms with Crippen molar-refractivity contribution in [3.63, 3.8) is 0 Å². The number of halogens is 2. The van der Waals surface area contributed by atoms with Crippen LogP contribution in [0.1, 0.15) is 11.3 Å². The van der Waals surface area contributed by atoms with Gasteiger partial charge in [-0.05, 0) is 18.2 Å². The van der Waals surface area contributed by atoms with Crippen molar-refractivity contribution in [2.24, 2.45) is 7.05 Å². The molecule has 0 amide bonds. The number of hydrogen-bond acceptors (Lipinski definition) is 2. The number of aryl methyl sites for hydroxylation is 1. The molecule has 1 aromatic carbocycles. The summed E-state index contributed by atoms with van der Waals surface area (Å²) in [6, 6.07) is 6.71. The maximum atomic E-state index is 13.5. The number of benzene rings is 1. The number of rotatable bonds is 4. The monoisotopic (exact) mass is 270 g/mol. The van der Waals surface area contributed by atoms with Crippen LogP contribution in [0.2, 0.25) is 5.02 Å². The second-order valence-electron chi connectivity index (χ2n) is 3.67. The molecule has 0 aliphatic rings. The van der Waals surface area contributed by atoms with Crippen LogP contribution in [0.5, 0.6) is 0 Å². The van der Waals surface area contributed by atoms with Crippen LogP contribution in [0.25, 0.3) is 0 Å². The highest BCUT2D eigenvalue weighted by Gasteiger charge is 2.07. The standard InChI is InChI=1S/C12H12ClFN2S/c1-16-6-5-9(15-16)7-17-8-10-11(13)3-2-4-12(10)14/h2-6H,7-8H2,1H3. The van der Waals surface area contributed by atoms with Gasteiger partial charge in [0.15, 0.2) is 0 Å². The number of hydrogen-bond donors (Lipinski definition) is 0. The zero-order valence-corrected chi connectivity index (χ0v) is 10.9. The maximum Gasteiger partial charge on any atom is 0.128 e. The largest absolute Gasteiger partial charge is 0.276 e. The topological polar surface area (TPSA) is 17.8 Å². The first-order valence-corrected chi connectivity index (χ1v) is 6.69. The van der Waals surface area contributed by atoms with Gasteiger partial charge in [-0.15, -0.1) is 0 Å². The zero-order chi connectivity index (χ0) is 12.3. The first-order chi connectivity index (χ1) is 8.16. The van der Waals surface area contributed by atoms with Crippen LogP contribution in [0, 0.1) is 5.82 Å². The van der Waals surface area contributed by atoms with Crippen molar-refractivity contribution >= 4 is 23.4 Å². The third kappa shape index (κ3) is 3.23. The maximum absolute atomic E-state index is 13.5. The van der Waals surface area contributed by atoms with Crippen LogP contribution in [0.4, 0.5) is 4.39 Å². The molecular formula is C12H12ClFN2S. The van der Waals surface area contributed by atoms with Crippen LogP contribution in [0.15, 0.2) is 30.5 Å². The minimum Gasteiger partial charge on any atom is -0.276 e. The lowest BCUT2D eigenvalue weighted by atomic mass is 10.2. The Bertz CT molecular complexity index is 493. The molecular weight excluding hydrogens is 259 g/mol. The Labute approximate surface area is 109 Å². The van der Waals surface area contributed by atoms with Crippen LogP contribution < -0.4 is 0 Å². The molecule has 17 heavy (non-hydrogen) atoms. The number of thioether (sulfide) groups is 1. The molecule has 0 aliphatic heterocycles. The zero-order valence-electron chi connectivity index (χ0n) is 9.36. The third-order valence-corrected chi connectivity index (χ3v) is 3.67.